The van der Waals surface area contributed by atoms with Gasteiger partial charge in [-0.05, 0) is 18.9 Å². The van der Waals surface area contributed by atoms with E-state index in [-0.39, 0.29) is 5.75 Å². The van der Waals surface area contributed by atoms with Gasteiger partial charge in [-0.15, -0.1) is 0 Å². The van der Waals surface area contributed by atoms with Crippen LogP contribution in [0.15, 0.2) is 6.20 Å². The van der Waals surface area contributed by atoms with E-state index in [2.05, 4.69) is 10.2 Å². The summed E-state index contributed by atoms with van der Waals surface area (Å²) >= 11 is 0. The third-order valence-corrected chi connectivity index (χ3v) is 4.36. The van der Waals surface area contributed by atoms with Crippen LogP contribution in [0.4, 0.5) is 0 Å². The standard InChI is InChI=1S/C8H13N3O2S/c1-2-14(12,13)11-4-3-7-5-9-10-8(7)6-11/h5H,2-4,6H2,1H3,(H,9,10). The van der Waals surface area contributed by atoms with E-state index in [1.807, 2.05) is 0 Å². The molecule has 0 radical (unpaired) electrons. The average Bonchev–Trinajstić information content (AvgIpc) is 2.64. The van der Waals surface area contributed by atoms with Crippen LogP contribution in [0.2, 0.25) is 0 Å². The van der Waals surface area contributed by atoms with Crippen LogP contribution in [-0.2, 0) is 23.0 Å². The summed E-state index contributed by atoms with van der Waals surface area (Å²) < 4.78 is 24.7. The smallest absolute Gasteiger partial charge is 0.214 e. The van der Waals surface area contributed by atoms with E-state index < -0.39 is 10.0 Å². The molecule has 5 nitrogen and oxygen atoms in total. The maximum Gasteiger partial charge on any atom is 0.214 e. The molecule has 0 spiro atoms. The fraction of sp³-hybridized carbons (Fsp3) is 0.625. The highest BCUT2D eigenvalue weighted by atomic mass is 32.2. The van der Waals surface area contributed by atoms with Gasteiger partial charge in [0.2, 0.25) is 10.0 Å². The van der Waals surface area contributed by atoms with E-state index in [4.69, 9.17) is 0 Å². The fourth-order valence-electron chi connectivity index (χ4n) is 1.61. The minimum atomic E-state index is -3.06. The molecule has 78 valence electrons. The first-order valence-corrected chi connectivity index (χ1v) is 6.23. The third kappa shape index (κ3) is 1.55. The Balaban J connectivity index is 2.23. The van der Waals surface area contributed by atoms with Crippen LogP contribution in [0.25, 0.3) is 0 Å². The van der Waals surface area contributed by atoms with E-state index >= 15 is 0 Å². The summed E-state index contributed by atoms with van der Waals surface area (Å²) in [7, 11) is -3.06. The molecule has 0 unspecified atom stereocenters. The number of sulfonamides is 1. The van der Waals surface area contributed by atoms with E-state index in [1.165, 1.54) is 4.31 Å². The molecule has 0 aromatic carbocycles. The number of fused-ring (bicyclic) bond motifs is 1. The normalized spacial score (nSPS) is 18.1. The van der Waals surface area contributed by atoms with Crippen LogP contribution in [0.3, 0.4) is 0 Å². The number of H-pyrrole nitrogens is 1. The van der Waals surface area contributed by atoms with Crippen molar-refractivity contribution >= 4 is 10.0 Å². The Morgan fingerprint density at radius 1 is 1.64 bits per heavy atom. The summed E-state index contributed by atoms with van der Waals surface area (Å²) in [6.07, 6.45) is 2.52. The van der Waals surface area contributed by atoms with Gasteiger partial charge in [0.05, 0.1) is 24.2 Å². The zero-order valence-corrected chi connectivity index (χ0v) is 8.84. The number of aromatic nitrogens is 2. The number of hydrogen-bond acceptors (Lipinski definition) is 3. The fourth-order valence-corrected chi connectivity index (χ4v) is 2.67. The topological polar surface area (TPSA) is 66.1 Å². The van der Waals surface area contributed by atoms with Crippen molar-refractivity contribution in [1.29, 1.82) is 0 Å². The summed E-state index contributed by atoms with van der Waals surface area (Å²) in [5.74, 6) is 0.163. The Morgan fingerprint density at radius 3 is 3.14 bits per heavy atom. The summed E-state index contributed by atoms with van der Waals surface area (Å²) in [6.45, 7) is 2.67. The van der Waals surface area contributed by atoms with Crippen molar-refractivity contribution in [1.82, 2.24) is 14.5 Å². The summed E-state index contributed by atoms with van der Waals surface area (Å²) in [4.78, 5) is 0. The highest BCUT2D eigenvalue weighted by Crippen LogP contribution is 2.18. The number of aromatic amines is 1. The molecule has 14 heavy (non-hydrogen) atoms. The largest absolute Gasteiger partial charge is 0.281 e. The molecule has 1 aromatic rings. The average molecular weight is 215 g/mol. The lowest BCUT2D eigenvalue weighted by Crippen LogP contribution is -2.36. The quantitative estimate of drug-likeness (QED) is 0.762. The molecular formula is C8H13N3O2S. The number of nitrogens with one attached hydrogen (secondary N) is 1. The molecule has 2 rings (SSSR count). The Kier molecular flexibility index (Phi) is 2.32. The van der Waals surface area contributed by atoms with Crippen molar-refractivity contribution in [3.05, 3.63) is 17.5 Å². The highest BCUT2D eigenvalue weighted by Gasteiger charge is 2.25. The zero-order valence-electron chi connectivity index (χ0n) is 8.02. The van der Waals surface area contributed by atoms with Crippen LogP contribution >= 0.6 is 0 Å². The first-order valence-electron chi connectivity index (χ1n) is 4.62. The second-order valence-electron chi connectivity index (χ2n) is 3.36. The molecule has 2 heterocycles. The summed E-state index contributed by atoms with van der Waals surface area (Å²) in [6, 6.07) is 0. The van der Waals surface area contributed by atoms with Crippen LogP contribution in [-0.4, -0.2) is 35.2 Å². The van der Waals surface area contributed by atoms with Gasteiger partial charge in [-0.2, -0.15) is 9.40 Å². The van der Waals surface area contributed by atoms with Crippen molar-refractivity contribution in [2.75, 3.05) is 12.3 Å². The molecule has 0 fully saturated rings. The SMILES string of the molecule is CCS(=O)(=O)N1CCc2cn[nH]c2C1. The van der Waals surface area contributed by atoms with Gasteiger partial charge >= 0.3 is 0 Å². The van der Waals surface area contributed by atoms with E-state index in [9.17, 15) is 8.42 Å². The molecule has 1 N–H and O–H groups in total. The van der Waals surface area contributed by atoms with Crippen molar-refractivity contribution in [3.8, 4) is 0 Å². The van der Waals surface area contributed by atoms with Gasteiger partial charge in [0, 0.05) is 6.54 Å². The van der Waals surface area contributed by atoms with E-state index in [1.54, 1.807) is 13.1 Å². The van der Waals surface area contributed by atoms with Crippen LogP contribution < -0.4 is 0 Å². The predicted molar refractivity (Wildman–Crippen MR) is 52.2 cm³/mol. The van der Waals surface area contributed by atoms with Crippen molar-refractivity contribution in [3.63, 3.8) is 0 Å². The molecule has 0 saturated carbocycles. The Labute approximate surface area is 83.2 Å². The molecule has 0 aliphatic carbocycles. The molecule has 1 aromatic heterocycles. The second kappa shape index (κ2) is 3.36. The second-order valence-corrected chi connectivity index (χ2v) is 5.62. The van der Waals surface area contributed by atoms with E-state index in [0.717, 1.165) is 17.7 Å². The molecule has 0 bridgehead atoms. The van der Waals surface area contributed by atoms with Crippen molar-refractivity contribution in [2.24, 2.45) is 0 Å². The number of rotatable bonds is 2. The zero-order chi connectivity index (χ0) is 10.2. The molecule has 6 heteroatoms. The van der Waals surface area contributed by atoms with Gasteiger partial charge in [-0.3, -0.25) is 5.10 Å². The molecule has 0 atom stereocenters. The Hall–Kier alpha value is -0.880. The molecule has 0 amide bonds. The number of nitrogens with zero attached hydrogens (tertiary/aromatic N) is 2. The van der Waals surface area contributed by atoms with Crippen molar-refractivity contribution in [2.45, 2.75) is 19.9 Å². The maximum absolute atomic E-state index is 11.6. The van der Waals surface area contributed by atoms with Gasteiger partial charge in [0.1, 0.15) is 0 Å². The van der Waals surface area contributed by atoms with Gasteiger partial charge in [-0.25, -0.2) is 8.42 Å². The van der Waals surface area contributed by atoms with Gasteiger partial charge in [-0.1, -0.05) is 0 Å². The summed E-state index contributed by atoms with van der Waals surface area (Å²) in [5.41, 5.74) is 2.06. The first kappa shape index (κ1) is 9.67. The van der Waals surface area contributed by atoms with Crippen LogP contribution in [0, 0.1) is 0 Å². The van der Waals surface area contributed by atoms with E-state index in [0.29, 0.717) is 13.1 Å². The molecule has 0 saturated heterocycles. The van der Waals surface area contributed by atoms with Gasteiger partial charge in [0.25, 0.3) is 0 Å². The summed E-state index contributed by atoms with van der Waals surface area (Å²) in [5, 5.41) is 6.73. The number of hydrogen-bond donors (Lipinski definition) is 1. The third-order valence-electron chi connectivity index (χ3n) is 2.53. The van der Waals surface area contributed by atoms with Crippen LogP contribution in [0.5, 0.6) is 0 Å². The van der Waals surface area contributed by atoms with Gasteiger partial charge < -0.3 is 0 Å². The lowest BCUT2D eigenvalue weighted by molar-refractivity contribution is 0.388. The molecule has 1 aliphatic rings. The minimum Gasteiger partial charge on any atom is -0.281 e. The molecule has 1 aliphatic heterocycles. The Bertz CT molecular complexity index is 424. The lowest BCUT2D eigenvalue weighted by Gasteiger charge is -2.24. The predicted octanol–water partition coefficient (Wildman–Crippen LogP) is 0.117. The Morgan fingerprint density at radius 2 is 2.43 bits per heavy atom. The first-order chi connectivity index (χ1) is 6.63. The molecular weight excluding hydrogens is 202 g/mol. The monoisotopic (exact) mass is 215 g/mol. The van der Waals surface area contributed by atoms with Gasteiger partial charge in [0.15, 0.2) is 0 Å². The maximum atomic E-state index is 11.6. The highest BCUT2D eigenvalue weighted by molar-refractivity contribution is 7.89. The lowest BCUT2D eigenvalue weighted by atomic mass is 10.1. The minimum absolute atomic E-state index is 0.163. The van der Waals surface area contributed by atoms with Crippen LogP contribution in [0.1, 0.15) is 18.2 Å². The van der Waals surface area contributed by atoms with Crippen molar-refractivity contribution < 1.29 is 8.42 Å².